The predicted octanol–water partition coefficient (Wildman–Crippen LogP) is 5.32. The van der Waals surface area contributed by atoms with E-state index in [-0.39, 0.29) is 5.41 Å². The molecule has 0 spiro atoms. The molecule has 2 nitrogen and oxygen atoms in total. The summed E-state index contributed by atoms with van der Waals surface area (Å²) in [6.07, 6.45) is 0. The molecule has 3 aromatic rings. The molecule has 0 unspecified atom stereocenters. The van der Waals surface area contributed by atoms with E-state index in [0.717, 1.165) is 16.7 Å². The second kappa shape index (κ2) is 5.21. The molecule has 0 saturated heterocycles. The summed E-state index contributed by atoms with van der Waals surface area (Å²) >= 11 is 0. The quantitative estimate of drug-likeness (QED) is 0.632. The van der Waals surface area contributed by atoms with Crippen LogP contribution in [0.1, 0.15) is 26.3 Å². The van der Waals surface area contributed by atoms with Gasteiger partial charge in [0.1, 0.15) is 5.75 Å². The van der Waals surface area contributed by atoms with Crippen LogP contribution in [0, 0.1) is 0 Å². The fourth-order valence-electron chi connectivity index (χ4n) is 2.39. The molecule has 2 heteroatoms. The third-order valence-electron chi connectivity index (χ3n) is 3.48. The van der Waals surface area contributed by atoms with Crippen molar-refractivity contribution in [3.8, 4) is 11.6 Å². The van der Waals surface area contributed by atoms with Crippen molar-refractivity contribution in [2.45, 2.75) is 26.2 Å². The van der Waals surface area contributed by atoms with E-state index < -0.39 is 0 Å². The molecule has 0 amide bonds. The van der Waals surface area contributed by atoms with Gasteiger partial charge in [-0.3, -0.25) is 0 Å². The van der Waals surface area contributed by atoms with Crippen LogP contribution in [0.25, 0.3) is 10.9 Å². The smallest absolute Gasteiger partial charge is 0.219 e. The summed E-state index contributed by atoms with van der Waals surface area (Å²) in [6, 6.07) is 20.1. The Balaban J connectivity index is 1.99. The fourth-order valence-corrected chi connectivity index (χ4v) is 2.39. The van der Waals surface area contributed by atoms with Crippen molar-refractivity contribution in [1.29, 1.82) is 0 Å². The number of para-hydroxylation sites is 2. The molecule has 0 bridgehead atoms. The summed E-state index contributed by atoms with van der Waals surface area (Å²) in [6.45, 7) is 6.55. The first-order chi connectivity index (χ1) is 10.0. The third kappa shape index (κ3) is 2.89. The van der Waals surface area contributed by atoms with Gasteiger partial charge in [0.15, 0.2) is 0 Å². The lowest BCUT2D eigenvalue weighted by Crippen LogP contribution is -2.12. The van der Waals surface area contributed by atoms with Gasteiger partial charge >= 0.3 is 0 Å². The van der Waals surface area contributed by atoms with Gasteiger partial charge in [-0.15, -0.1) is 0 Å². The number of aromatic nitrogens is 1. The number of fused-ring (bicyclic) bond motifs is 1. The minimum Gasteiger partial charge on any atom is -0.439 e. The zero-order valence-corrected chi connectivity index (χ0v) is 12.6. The van der Waals surface area contributed by atoms with Crippen LogP contribution in [0.15, 0.2) is 60.7 Å². The predicted molar refractivity (Wildman–Crippen MR) is 87.0 cm³/mol. The first-order valence-corrected chi connectivity index (χ1v) is 7.17. The van der Waals surface area contributed by atoms with Crippen molar-refractivity contribution in [3.05, 3.63) is 66.2 Å². The Morgan fingerprint density at radius 3 is 2.33 bits per heavy atom. The number of hydrogen-bond donors (Lipinski definition) is 0. The molecule has 0 fully saturated rings. The van der Waals surface area contributed by atoms with Crippen molar-refractivity contribution >= 4 is 10.9 Å². The molecular weight excluding hydrogens is 258 g/mol. The summed E-state index contributed by atoms with van der Waals surface area (Å²) < 4.78 is 6.03. The van der Waals surface area contributed by atoms with Gasteiger partial charge in [0.05, 0.1) is 5.52 Å². The standard InChI is InChI=1S/C19H19NO/c1-19(2,3)15-9-5-7-11-17(15)21-18-13-12-14-8-4-6-10-16(14)20-18/h4-13H,1-3H3. The van der Waals surface area contributed by atoms with Crippen LogP contribution in [0.4, 0.5) is 0 Å². The molecule has 0 aliphatic heterocycles. The Kier molecular flexibility index (Phi) is 3.38. The van der Waals surface area contributed by atoms with E-state index in [1.807, 2.05) is 48.5 Å². The largest absolute Gasteiger partial charge is 0.439 e. The zero-order chi connectivity index (χ0) is 14.9. The Morgan fingerprint density at radius 2 is 1.52 bits per heavy atom. The lowest BCUT2D eigenvalue weighted by molar-refractivity contribution is 0.441. The minimum absolute atomic E-state index is 0.0352. The topological polar surface area (TPSA) is 22.1 Å². The number of nitrogens with zero attached hydrogens (tertiary/aromatic N) is 1. The van der Waals surface area contributed by atoms with Crippen LogP contribution in [0.2, 0.25) is 0 Å². The highest BCUT2D eigenvalue weighted by Gasteiger charge is 2.18. The molecule has 2 aromatic carbocycles. The second-order valence-corrected chi connectivity index (χ2v) is 6.19. The van der Waals surface area contributed by atoms with Crippen LogP contribution in [-0.2, 0) is 5.41 Å². The van der Waals surface area contributed by atoms with Gasteiger partial charge in [-0.1, -0.05) is 57.2 Å². The summed E-state index contributed by atoms with van der Waals surface area (Å²) in [5, 5.41) is 1.12. The SMILES string of the molecule is CC(C)(C)c1ccccc1Oc1ccc2ccccc2n1. The summed E-state index contributed by atoms with van der Waals surface area (Å²) in [7, 11) is 0. The maximum absolute atomic E-state index is 6.03. The first kappa shape index (κ1) is 13.6. The van der Waals surface area contributed by atoms with Gasteiger partial charge in [-0.05, 0) is 23.6 Å². The molecule has 3 rings (SSSR count). The van der Waals surface area contributed by atoms with E-state index in [4.69, 9.17) is 4.74 Å². The molecule has 0 aliphatic carbocycles. The number of benzene rings is 2. The van der Waals surface area contributed by atoms with Gasteiger partial charge in [0.2, 0.25) is 5.88 Å². The fraction of sp³-hybridized carbons (Fsp3) is 0.211. The summed E-state index contributed by atoms with van der Waals surface area (Å²) in [5.41, 5.74) is 2.16. The van der Waals surface area contributed by atoms with E-state index in [0.29, 0.717) is 5.88 Å². The molecule has 1 heterocycles. The third-order valence-corrected chi connectivity index (χ3v) is 3.48. The minimum atomic E-state index is 0.0352. The number of rotatable bonds is 2. The van der Waals surface area contributed by atoms with Crippen molar-refractivity contribution in [3.63, 3.8) is 0 Å². The number of ether oxygens (including phenoxy) is 1. The van der Waals surface area contributed by atoms with E-state index in [1.54, 1.807) is 0 Å². The van der Waals surface area contributed by atoms with Gasteiger partial charge in [-0.25, -0.2) is 4.98 Å². The summed E-state index contributed by atoms with van der Waals surface area (Å²) in [5.74, 6) is 1.50. The van der Waals surface area contributed by atoms with Crippen LogP contribution in [-0.4, -0.2) is 4.98 Å². The molecule has 21 heavy (non-hydrogen) atoms. The molecule has 0 aliphatic rings. The molecule has 0 radical (unpaired) electrons. The highest BCUT2D eigenvalue weighted by molar-refractivity contribution is 5.78. The Labute approximate surface area is 125 Å². The lowest BCUT2D eigenvalue weighted by Gasteiger charge is -2.22. The highest BCUT2D eigenvalue weighted by Crippen LogP contribution is 2.33. The molecule has 0 saturated carbocycles. The molecule has 0 N–H and O–H groups in total. The monoisotopic (exact) mass is 277 g/mol. The van der Waals surface area contributed by atoms with Crippen LogP contribution >= 0.6 is 0 Å². The second-order valence-electron chi connectivity index (χ2n) is 6.19. The maximum atomic E-state index is 6.03. The Hall–Kier alpha value is -2.35. The van der Waals surface area contributed by atoms with E-state index in [1.165, 1.54) is 5.56 Å². The van der Waals surface area contributed by atoms with Crippen molar-refractivity contribution in [2.75, 3.05) is 0 Å². The molecule has 0 atom stereocenters. The van der Waals surface area contributed by atoms with Crippen molar-refractivity contribution < 1.29 is 4.74 Å². The first-order valence-electron chi connectivity index (χ1n) is 7.17. The summed E-state index contributed by atoms with van der Waals surface area (Å²) in [4.78, 5) is 4.57. The number of hydrogen-bond acceptors (Lipinski definition) is 2. The maximum Gasteiger partial charge on any atom is 0.219 e. The van der Waals surface area contributed by atoms with Crippen LogP contribution in [0.3, 0.4) is 0 Å². The van der Waals surface area contributed by atoms with Gasteiger partial charge < -0.3 is 4.74 Å². The molecule has 106 valence electrons. The normalized spacial score (nSPS) is 11.6. The van der Waals surface area contributed by atoms with Crippen molar-refractivity contribution in [2.24, 2.45) is 0 Å². The molecule has 1 aromatic heterocycles. The Bertz CT molecular complexity index is 772. The van der Waals surface area contributed by atoms with E-state index in [9.17, 15) is 0 Å². The van der Waals surface area contributed by atoms with Crippen LogP contribution < -0.4 is 4.74 Å². The van der Waals surface area contributed by atoms with Gasteiger partial charge in [-0.2, -0.15) is 0 Å². The lowest BCUT2D eigenvalue weighted by atomic mass is 9.86. The Morgan fingerprint density at radius 1 is 0.810 bits per heavy atom. The zero-order valence-electron chi connectivity index (χ0n) is 12.6. The van der Waals surface area contributed by atoms with E-state index in [2.05, 4.69) is 37.9 Å². The number of pyridine rings is 1. The average molecular weight is 277 g/mol. The molecular formula is C19H19NO. The van der Waals surface area contributed by atoms with Crippen molar-refractivity contribution in [1.82, 2.24) is 4.98 Å². The average Bonchev–Trinajstić information content (AvgIpc) is 2.46. The van der Waals surface area contributed by atoms with Gasteiger partial charge in [0.25, 0.3) is 0 Å². The van der Waals surface area contributed by atoms with E-state index >= 15 is 0 Å². The van der Waals surface area contributed by atoms with Crippen LogP contribution in [0.5, 0.6) is 11.6 Å². The van der Waals surface area contributed by atoms with Gasteiger partial charge in [0, 0.05) is 17.0 Å². The highest BCUT2D eigenvalue weighted by atomic mass is 16.5.